The van der Waals surface area contributed by atoms with E-state index in [-0.39, 0.29) is 5.69 Å². The zero-order valence-electron chi connectivity index (χ0n) is 16.2. The van der Waals surface area contributed by atoms with Crippen LogP contribution in [0.25, 0.3) is 5.69 Å². The van der Waals surface area contributed by atoms with Gasteiger partial charge in [0.15, 0.2) is 0 Å². The lowest BCUT2D eigenvalue weighted by atomic mass is 9.84. The Balaban J connectivity index is 2.03. The van der Waals surface area contributed by atoms with Crippen LogP contribution >= 0.6 is 0 Å². The maximum absolute atomic E-state index is 13.5. The number of H-pyrrole nitrogens is 1. The molecule has 0 radical (unpaired) electrons. The van der Waals surface area contributed by atoms with Crippen LogP contribution in [0.1, 0.15) is 54.8 Å². The number of carbonyl (C=O) groups excluding carboxylic acids is 1. The van der Waals surface area contributed by atoms with E-state index in [0.29, 0.717) is 18.7 Å². The van der Waals surface area contributed by atoms with Crippen LogP contribution in [0.3, 0.4) is 0 Å². The normalized spacial score (nSPS) is 17.7. The third kappa shape index (κ3) is 3.59. The van der Waals surface area contributed by atoms with E-state index in [1.807, 2.05) is 12.1 Å². The number of rotatable bonds is 4. The minimum Gasteiger partial charge on any atom is -0.466 e. The van der Waals surface area contributed by atoms with Gasteiger partial charge in [0.1, 0.15) is 0 Å². The number of hydrogen-bond acceptors (Lipinski definition) is 4. The Bertz CT molecular complexity index is 940. The van der Waals surface area contributed by atoms with Crippen molar-refractivity contribution < 1.29 is 27.8 Å². The van der Waals surface area contributed by atoms with Gasteiger partial charge in [0.25, 0.3) is 11.2 Å². The number of aromatic nitrogens is 2. The van der Waals surface area contributed by atoms with Gasteiger partial charge in [-0.05, 0) is 43.4 Å². The molecule has 0 amide bonds. The summed E-state index contributed by atoms with van der Waals surface area (Å²) in [6.45, 7) is 1.18. The average Bonchev–Trinajstić information content (AvgIpc) is 3.01. The topological polar surface area (TPSA) is 84.3 Å². The Morgan fingerprint density at radius 3 is 2.28 bits per heavy atom. The van der Waals surface area contributed by atoms with E-state index < -0.39 is 28.9 Å². The third-order valence-corrected chi connectivity index (χ3v) is 5.55. The molecule has 1 aromatic heterocycles. The van der Waals surface area contributed by atoms with Crippen molar-refractivity contribution in [2.75, 3.05) is 7.11 Å². The summed E-state index contributed by atoms with van der Waals surface area (Å²) in [5.41, 5.74) is -5.19. The van der Waals surface area contributed by atoms with Crippen LogP contribution in [0, 0.1) is 6.92 Å². The summed E-state index contributed by atoms with van der Waals surface area (Å²) >= 11 is 0. The quantitative estimate of drug-likeness (QED) is 0.754. The highest BCUT2D eigenvalue weighted by atomic mass is 19.4. The number of esters is 1. The van der Waals surface area contributed by atoms with Crippen LogP contribution in [-0.2, 0) is 15.1 Å². The largest absolute Gasteiger partial charge is 0.466 e. The molecule has 1 saturated carbocycles. The number of nitrogens with one attached hydrogen (secondary N) is 1. The molecule has 1 aliphatic carbocycles. The zero-order valence-corrected chi connectivity index (χ0v) is 16.2. The highest BCUT2D eigenvalue weighted by Crippen LogP contribution is 2.40. The Labute approximate surface area is 165 Å². The summed E-state index contributed by atoms with van der Waals surface area (Å²) < 4.78 is 45.7. The van der Waals surface area contributed by atoms with E-state index >= 15 is 0 Å². The van der Waals surface area contributed by atoms with Crippen LogP contribution in [-0.4, -0.2) is 34.1 Å². The minimum absolute atomic E-state index is 0.281. The maximum atomic E-state index is 13.5. The van der Waals surface area contributed by atoms with Crippen LogP contribution < -0.4 is 5.56 Å². The van der Waals surface area contributed by atoms with Crippen molar-refractivity contribution in [1.29, 1.82) is 0 Å². The maximum Gasteiger partial charge on any atom is 0.432 e. The molecule has 0 spiro atoms. The number of halogens is 3. The van der Waals surface area contributed by atoms with E-state index in [2.05, 4.69) is 9.84 Å². The molecule has 6 nitrogen and oxygen atoms in total. The highest BCUT2D eigenvalue weighted by molar-refractivity contribution is 5.82. The van der Waals surface area contributed by atoms with Crippen molar-refractivity contribution in [3.05, 3.63) is 51.4 Å². The third-order valence-electron chi connectivity index (χ3n) is 5.55. The lowest BCUT2D eigenvalue weighted by molar-refractivity contribution is -0.267. The van der Waals surface area contributed by atoms with E-state index in [1.54, 1.807) is 12.1 Å². The zero-order chi connectivity index (χ0) is 21.4. The van der Waals surface area contributed by atoms with Gasteiger partial charge < -0.3 is 9.84 Å². The summed E-state index contributed by atoms with van der Waals surface area (Å²) in [6, 6.07) is 6.97. The molecule has 1 aromatic carbocycles. The van der Waals surface area contributed by atoms with Crippen molar-refractivity contribution in [2.45, 2.75) is 56.7 Å². The van der Waals surface area contributed by atoms with Gasteiger partial charge in [0.05, 0.1) is 18.4 Å². The first-order chi connectivity index (χ1) is 13.6. The second-order valence-corrected chi connectivity index (χ2v) is 7.38. The summed E-state index contributed by atoms with van der Waals surface area (Å²) in [5.74, 6) is -1.53. The number of aryl methyl sites for hydroxylation is 1. The molecule has 1 fully saturated rings. The molecule has 29 heavy (non-hydrogen) atoms. The van der Waals surface area contributed by atoms with Crippen molar-refractivity contribution in [2.24, 2.45) is 0 Å². The number of hydrogen-bond donors (Lipinski definition) is 2. The fourth-order valence-corrected chi connectivity index (χ4v) is 3.99. The van der Waals surface area contributed by atoms with Gasteiger partial charge >= 0.3 is 12.1 Å². The second-order valence-electron chi connectivity index (χ2n) is 7.38. The van der Waals surface area contributed by atoms with E-state index in [4.69, 9.17) is 0 Å². The van der Waals surface area contributed by atoms with Gasteiger partial charge in [-0.3, -0.25) is 9.89 Å². The van der Waals surface area contributed by atoms with Crippen LogP contribution in [0.4, 0.5) is 13.2 Å². The molecule has 1 heterocycles. The standard InChI is InChI=1S/C20H23F3N2O4/c1-12-16(19(28,18(27)29-2)20(21,22)23)17(26)25(24-12)15-10-8-14(9-11-15)13-6-4-3-5-7-13/h8-11,13,24,28H,3-7H2,1-2H3. The lowest BCUT2D eigenvalue weighted by Gasteiger charge is -2.26. The number of carbonyl (C=O) groups is 1. The van der Waals surface area contributed by atoms with Crippen LogP contribution in [0.15, 0.2) is 29.1 Å². The van der Waals surface area contributed by atoms with Crippen LogP contribution in [0.2, 0.25) is 0 Å². The van der Waals surface area contributed by atoms with Gasteiger partial charge in [-0.1, -0.05) is 31.4 Å². The van der Waals surface area contributed by atoms with E-state index in [1.165, 1.54) is 13.3 Å². The average molecular weight is 412 g/mol. The molecule has 2 N–H and O–H groups in total. The number of alkyl halides is 3. The number of nitrogens with zero attached hydrogens (tertiary/aromatic N) is 1. The number of ether oxygens (including phenoxy) is 1. The summed E-state index contributed by atoms with van der Waals surface area (Å²) in [5, 5.41) is 12.7. The SMILES string of the molecule is COC(=O)C(O)(c1c(C)[nH]n(-c2ccc(C3CCCCC3)cc2)c1=O)C(F)(F)F. The molecule has 0 saturated heterocycles. The first-order valence-electron chi connectivity index (χ1n) is 9.41. The van der Waals surface area contributed by atoms with E-state index in [0.717, 1.165) is 35.9 Å². The fourth-order valence-electron chi connectivity index (χ4n) is 3.99. The highest BCUT2D eigenvalue weighted by Gasteiger charge is 2.64. The number of aromatic amines is 1. The summed E-state index contributed by atoms with van der Waals surface area (Å²) in [6.07, 6.45) is 0.278. The number of benzene rings is 1. The first kappa shape index (κ1) is 21.2. The van der Waals surface area contributed by atoms with Gasteiger partial charge in [0.2, 0.25) is 0 Å². The molecule has 3 rings (SSSR count). The molecule has 0 aliphatic heterocycles. The molecular weight excluding hydrogens is 389 g/mol. The minimum atomic E-state index is -5.44. The molecular formula is C20H23F3N2O4. The van der Waals surface area contributed by atoms with Crippen LogP contribution in [0.5, 0.6) is 0 Å². The first-order valence-corrected chi connectivity index (χ1v) is 9.41. The lowest BCUT2D eigenvalue weighted by Crippen LogP contribution is -2.52. The summed E-state index contributed by atoms with van der Waals surface area (Å²) in [4.78, 5) is 24.6. The van der Waals surface area contributed by atoms with Gasteiger partial charge in [0, 0.05) is 5.69 Å². The molecule has 1 unspecified atom stereocenters. The van der Waals surface area contributed by atoms with Crippen molar-refractivity contribution in [1.82, 2.24) is 9.78 Å². The Morgan fingerprint density at radius 2 is 1.76 bits per heavy atom. The Morgan fingerprint density at radius 1 is 1.17 bits per heavy atom. The number of aliphatic hydroxyl groups is 1. The monoisotopic (exact) mass is 412 g/mol. The van der Waals surface area contributed by atoms with Crippen molar-refractivity contribution in [3.8, 4) is 5.69 Å². The molecule has 1 aliphatic rings. The van der Waals surface area contributed by atoms with Gasteiger partial charge in [-0.25, -0.2) is 9.48 Å². The fraction of sp³-hybridized carbons (Fsp3) is 0.500. The summed E-state index contributed by atoms with van der Waals surface area (Å²) in [7, 11) is 0.712. The molecule has 2 aromatic rings. The molecule has 9 heteroatoms. The Kier molecular flexibility index (Phi) is 5.62. The predicted octanol–water partition coefficient (Wildman–Crippen LogP) is 3.44. The predicted molar refractivity (Wildman–Crippen MR) is 98.9 cm³/mol. The van der Waals surface area contributed by atoms with Gasteiger partial charge in [-0.2, -0.15) is 13.2 Å². The van der Waals surface area contributed by atoms with Crippen molar-refractivity contribution >= 4 is 5.97 Å². The smallest absolute Gasteiger partial charge is 0.432 e. The number of methoxy groups -OCH3 is 1. The van der Waals surface area contributed by atoms with Crippen molar-refractivity contribution in [3.63, 3.8) is 0 Å². The van der Waals surface area contributed by atoms with E-state index in [9.17, 15) is 27.9 Å². The molecule has 158 valence electrons. The second kappa shape index (κ2) is 7.70. The molecule has 1 atom stereocenters. The Hall–Kier alpha value is -2.55. The molecule has 0 bridgehead atoms. The van der Waals surface area contributed by atoms with Gasteiger partial charge in [-0.15, -0.1) is 0 Å².